The van der Waals surface area contributed by atoms with Gasteiger partial charge in [-0.3, -0.25) is 9.78 Å². The topological polar surface area (TPSA) is 33.2 Å². The molecule has 0 saturated carbocycles. The van der Waals surface area contributed by atoms with Crippen LogP contribution in [0, 0.1) is 5.92 Å². The number of nitrogens with zero attached hydrogens (tertiary/aromatic N) is 2. The van der Waals surface area contributed by atoms with Crippen molar-refractivity contribution in [1.82, 2.24) is 9.88 Å². The van der Waals surface area contributed by atoms with Crippen LogP contribution in [-0.4, -0.2) is 22.8 Å². The maximum Gasteiger partial charge on any atom is 0.222 e. The first-order valence-electron chi connectivity index (χ1n) is 6.18. The molecule has 17 heavy (non-hydrogen) atoms. The monoisotopic (exact) mass is 234 g/mol. The molecular weight excluding hydrogens is 212 g/mol. The standard InChI is InChI=1S/C14H22N2O/c1-11(2)7-8-14(17)16(4)12(3)13-6-5-9-15-10-13/h5-6,9-12H,7-8H2,1-4H3. The van der Waals surface area contributed by atoms with E-state index in [1.54, 1.807) is 11.1 Å². The Labute approximate surface area is 104 Å². The largest absolute Gasteiger partial charge is 0.339 e. The summed E-state index contributed by atoms with van der Waals surface area (Å²) in [6, 6.07) is 3.99. The van der Waals surface area contributed by atoms with E-state index in [2.05, 4.69) is 18.8 Å². The summed E-state index contributed by atoms with van der Waals surface area (Å²) in [6.45, 7) is 6.31. The zero-order valence-electron chi connectivity index (χ0n) is 11.2. The van der Waals surface area contributed by atoms with Crippen LogP contribution in [0.1, 0.15) is 45.2 Å². The lowest BCUT2D eigenvalue weighted by Crippen LogP contribution is -2.29. The van der Waals surface area contributed by atoms with Crippen LogP contribution >= 0.6 is 0 Å². The first kappa shape index (κ1) is 13.7. The zero-order valence-corrected chi connectivity index (χ0v) is 11.2. The van der Waals surface area contributed by atoms with Gasteiger partial charge >= 0.3 is 0 Å². The summed E-state index contributed by atoms with van der Waals surface area (Å²) in [5.74, 6) is 0.774. The molecule has 3 heteroatoms. The van der Waals surface area contributed by atoms with Gasteiger partial charge in [0.2, 0.25) is 5.91 Å². The van der Waals surface area contributed by atoms with Crippen LogP contribution in [0.25, 0.3) is 0 Å². The average Bonchev–Trinajstić information content (AvgIpc) is 2.35. The zero-order chi connectivity index (χ0) is 12.8. The number of rotatable bonds is 5. The van der Waals surface area contributed by atoms with Crippen LogP contribution in [0.5, 0.6) is 0 Å². The summed E-state index contributed by atoms with van der Waals surface area (Å²) in [5.41, 5.74) is 1.08. The second kappa shape index (κ2) is 6.38. The molecule has 0 saturated heterocycles. The van der Waals surface area contributed by atoms with Gasteiger partial charge in [0, 0.05) is 25.9 Å². The summed E-state index contributed by atoms with van der Waals surface area (Å²) in [5, 5.41) is 0. The maximum absolute atomic E-state index is 12.0. The molecule has 0 aliphatic heterocycles. The summed E-state index contributed by atoms with van der Waals surface area (Å²) < 4.78 is 0. The minimum absolute atomic E-state index is 0.0864. The van der Waals surface area contributed by atoms with Crippen molar-refractivity contribution in [3.63, 3.8) is 0 Å². The quantitative estimate of drug-likeness (QED) is 0.784. The highest BCUT2D eigenvalue weighted by atomic mass is 16.2. The van der Waals surface area contributed by atoms with Gasteiger partial charge in [-0.2, -0.15) is 0 Å². The number of carbonyl (C=O) groups excluding carboxylic acids is 1. The summed E-state index contributed by atoms with van der Waals surface area (Å²) in [7, 11) is 1.86. The van der Waals surface area contributed by atoms with Crippen LogP contribution in [0.4, 0.5) is 0 Å². The number of amides is 1. The van der Waals surface area contributed by atoms with Crippen LogP contribution in [-0.2, 0) is 4.79 Å². The Kier molecular flexibility index (Phi) is 5.13. The van der Waals surface area contributed by atoms with Crippen molar-refractivity contribution in [2.75, 3.05) is 7.05 Å². The van der Waals surface area contributed by atoms with E-state index in [0.717, 1.165) is 12.0 Å². The van der Waals surface area contributed by atoms with Crippen molar-refractivity contribution >= 4 is 5.91 Å². The first-order valence-corrected chi connectivity index (χ1v) is 6.18. The van der Waals surface area contributed by atoms with Crippen molar-refractivity contribution in [2.24, 2.45) is 5.92 Å². The summed E-state index contributed by atoms with van der Waals surface area (Å²) in [4.78, 5) is 17.9. The van der Waals surface area contributed by atoms with Gasteiger partial charge in [-0.15, -0.1) is 0 Å². The van der Waals surface area contributed by atoms with E-state index in [4.69, 9.17) is 0 Å². The van der Waals surface area contributed by atoms with E-state index in [-0.39, 0.29) is 11.9 Å². The van der Waals surface area contributed by atoms with Gasteiger partial charge in [-0.1, -0.05) is 19.9 Å². The molecule has 1 amide bonds. The highest BCUT2D eigenvalue weighted by Gasteiger charge is 2.17. The van der Waals surface area contributed by atoms with Crippen molar-refractivity contribution < 1.29 is 4.79 Å². The van der Waals surface area contributed by atoms with Gasteiger partial charge in [-0.05, 0) is 30.9 Å². The molecule has 1 aromatic rings. The Morgan fingerprint density at radius 3 is 2.65 bits per heavy atom. The number of pyridine rings is 1. The Morgan fingerprint density at radius 2 is 2.12 bits per heavy atom. The van der Waals surface area contributed by atoms with E-state index in [1.807, 2.05) is 32.3 Å². The fourth-order valence-corrected chi connectivity index (χ4v) is 1.65. The third-order valence-electron chi connectivity index (χ3n) is 3.08. The highest BCUT2D eigenvalue weighted by molar-refractivity contribution is 5.76. The molecule has 0 aromatic carbocycles. The molecule has 0 spiro atoms. The summed E-state index contributed by atoms with van der Waals surface area (Å²) in [6.07, 6.45) is 5.13. The summed E-state index contributed by atoms with van der Waals surface area (Å²) >= 11 is 0. The Bertz CT molecular complexity index is 348. The maximum atomic E-state index is 12.0. The molecule has 1 unspecified atom stereocenters. The first-order chi connectivity index (χ1) is 8.02. The molecule has 0 fully saturated rings. The minimum Gasteiger partial charge on any atom is -0.339 e. The lowest BCUT2D eigenvalue weighted by atomic mass is 10.1. The third kappa shape index (κ3) is 4.17. The van der Waals surface area contributed by atoms with Gasteiger partial charge in [0.15, 0.2) is 0 Å². The second-order valence-corrected chi connectivity index (χ2v) is 4.90. The minimum atomic E-state index is 0.0864. The van der Waals surface area contributed by atoms with E-state index >= 15 is 0 Å². The number of carbonyl (C=O) groups is 1. The Balaban J connectivity index is 2.57. The van der Waals surface area contributed by atoms with E-state index < -0.39 is 0 Å². The Morgan fingerprint density at radius 1 is 1.41 bits per heavy atom. The van der Waals surface area contributed by atoms with Crippen molar-refractivity contribution in [1.29, 1.82) is 0 Å². The number of hydrogen-bond donors (Lipinski definition) is 0. The van der Waals surface area contributed by atoms with Crippen LogP contribution in [0.2, 0.25) is 0 Å². The predicted molar refractivity (Wildman–Crippen MR) is 69.5 cm³/mol. The fourth-order valence-electron chi connectivity index (χ4n) is 1.65. The molecule has 0 bridgehead atoms. The van der Waals surface area contributed by atoms with Crippen LogP contribution < -0.4 is 0 Å². The van der Waals surface area contributed by atoms with Crippen LogP contribution in [0.15, 0.2) is 24.5 Å². The molecule has 1 aromatic heterocycles. The Hall–Kier alpha value is -1.38. The number of hydrogen-bond acceptors (Lipinski definition) is 2. The molecule has 1 atom stereocenters. The van der Waals surface area contributed by atoms with Crippen LogP contribution in [0.3, 0.4) is 0 Å². The predicted octanol–water partition coefficient (Wildman–Crippen LogP) is 3.04. The molecule has 0 N–H and O–H groups in total. The molecule has 3 nitrogen and oxygen atoms in total. The van der Waals surface area contributed by atoms with Gasteiger partial charge in [-0.25, -0.2) is 0 Å². The molecular formula is C14H22N2O. The van der Waals surface area contributed by atoms with E-state index in [1.165, 1.54) is 0 Å². The lowest BCUT2D eigenvalue weighted by Gasteiger charge is -2.25. The van der Waals surface area contributed by atoms with Gasteiger partial charge < -0.3 is 4.90 Å². The molecule has 0 radical (unpaired) electrons. The van der Waals surface area contributed by atoms with Gasteiger partial charge in [0.25, 0.3) is 0 Å². The molecule has 1 heterocycles. The van der Waals surface area contributed by atoms with Crippen molar-refractivity contribution in [2.45, 2.75) is 39.7 Å². The van der Waals surface area contributed by atoms with Gasteiger partial charge in [0.1, 0.15) is 0 Å². The molecule has 1 rings (SSSR count). The van der Waals surface area contributed by atoms with E-state index in [9.17, 15) is 4.79 Å². The smallest absolute Gasteiger partial charge is 0.222 e. The molecule has 94 valence electrons. The van der Waals surface area contributed by atoms with Gasteiger partial charge in [0.05, 0.1) is 6.04 Å². The average molecular weight is 234 g/mol. The second-order valence-electron chi connectivity index (χ2n) is 4.90. The fraction of sp³-hybridized carbons (Fsp3) is 0.571. The molecule has 0 aliphatic carbocycles. The third-order valence-corrected chi connectivity index (χ3v) is 3.08. The SMILES string of the molecule is CC(C)CCC(=O)N(C)C(C)c1cccnc1. The van der Waals surface area contributed by atoms with Crippen molar-refractivity contribution in [3.05, 3.63) is 30.1 Å². The molecule has 0 aliphatic rings. The number of aromatic nitrogens is 1. The highest BCUT2D eigenvalue weighted by Crippen LogP contribution is 2.19. The normalized spacial score (nSPS) is 12.5. The lowest BCUT2D eigenvalue weighted by molar-refractivity contribution is -0.132. The van der Waals surface area contributed by atoms with E-state index in [0.29, 0.717) is 12.3 Å². The van der Waals surface area contributed by atoms with Crippen molar-refractivity contribution in [3.8, 4) is 0 Å².